The molecule has 34 heavy (non-hydrogen) atoms. The van der Waals surface area contributed by atoms with Crippen LogP contribution in [0.2, 0.25) is 0 Å². The van der Waals surface area contributed by atoms with Crippen LogP contribution in [0.3, 0.4) is 0 Å². The maximum Gasteiger partial charge on any atom is 0.237 e. The van der Waals surface area contributed by atoms with Crippen molar-refractivity contribution < 1.29 is 9.47 Å². The van der Waals surface area contributed by atoms with Gasteiger partial charge in [-0.1, -0.05) is 0 Å². The Kier molecular flexibility index (Phi) is 5.60. The predicted molar refractivity (Wildman–Crippen MR) is 130 cm³/mol. The summed E-state index contributed by atoms with van der Waals surface area (Å²) in [6.45, 7) is 8.22. The van der Waals surface area contributed by atoms with Crippen molar-refractivity contribution in [3.05, 3.63) is 41.3 Å². The van der Waals surface area contributed by atoms with Crippen molar-refractivity contribution in [2.45, 2.75) is 19.9 Å². The molecule has 6 heterocycles. The van der Waals surface area contributed by atoms with Crippen LogP contribution in [0.15, 0.2) is 24.5 Å². The van der Waals surface area contributed by atoms with Crippen LogP contribution in [-0.4, -0.2) is 65.9 Å². The highest BCUT2D eigenvalue weighted by Crippen LogP contribution is 2.37. The highest BCUT2D eigenvalue weighted by molar-refractivity contribution is 5.77. The molecule has 0 saturated carbocycles. The highest BCUT2D eigenvalue weighted by Gasteiger charge is 2.24. The molecule has 3 N–H and O–H groups in total. The second kappa shape index (κ2) is 9.03. The Morgan fingerprint density at radius 2 is 2.00 bits per heavy atom. The molecule has 10 nitrogen and oxygen atoms in total. The van der Waals surface area contributed by atoms with Gasteiger partial charge in [-0.3, -0.25) is 0 Å². The zero-order valence-electron chi connectivity index (χ0n) is 19.2. The van der Waals surface area contributed by atoms with E-state index in [1.807, 2.05) is 24.5 Å². The molecule has 1 saturated heterocycles. The number of hydrogen-bond acceptors (Lipinski definition) is 10. The minimum Gasteiger partial charge on any atom is -0.474 e. The molecule has 0 aromatic carbocycles. The lowest BCUT2D eigenvalue weighted by Gasteiger charge is -2.28. The fraction of sp³-hybridized carbons (Fsp3) is 0.417. The fourth-order valence-electron chi connectivity index (χ4n) is 4.69. The van der Waals surface area contributed by atoms with E-state index in [9.17, 15) is 0 Å². The molecule has 0 amide bonds. The zero-order chi connectivity index (χ0) is 22.9. The van der Waals surface area contributed by atoms with Gasteiger partial charge in [0.25, 0.3) is 0 Å². The molecule has 0 bridgehead atoms. The zero-order valence-corrected chi connectivity index (χ0v) is 19.2. The molecular formula is C24H28N8O2. The van der Waals surface area contributed by atoms with Crippen LogP contribution in [0.25, 0.3) is 11.3 Å². The molecule has 0 atom stereocenters. The minimum absolute atomic E-state index is 0.568. The van der Waals surface area contributed by atoms with Crippen molar-refractivity contribution in [2.75, 3.05) is 61.5 Å². The third kappa shape index (κ3) is 3.99. The van der Waals surface area contributed by atoms with Crippen molar-refractivity contribution in [1.29, 1.82) is 0 Å². The summed E-state index contributed by atoms with van der Waals surface area (Å²) < 4.78 is 11.2. The molecule has 3 aromatic heterocycles. The number of pyridine rings is 2. The molecule has 0 radical (unpaired) electrons. The van der Waals surface area contributed by atoms with E-state index in [0.29, 0.717) is 25.0 Å². The van der Waals surface area contributed by atoms with Crippen LogP contribution in [-0.2, 0) is 17.7 Å². The summed E-state index contributed by atoms with van der Waals surface area (Å²) >= 11 is 0. The van der Waals surface area contributed by atoms with Gasteiger partial charge >= 0.3 is 0 Å². The summed E-state index contributed by atoms with van der Waals surface area (Å²) in [5.41, 5.74) is 7.07. The van der Waals surface area contributed by atoms with Crippen LogP contribution >= 0.6 is 0 Å². The van der Waals surface area contributed by atoms with Gasteiger partial charge in [0.2, 0.25) is 11.8 Å². The van der Waals surface area contributed by atoms with Crippen molar-refractivity contribution >= 4 is 23.1 Å². The van der Waals surface area contributed by atoms with Gasteiger partial charge in [0, 0.05) is 61.5 Å². The van der Waals surface area contributed by atoms with Crippen molar-refractivity contribution in [3.63, 3.8) is 0 Å². The van der Waals surface area contributed by atoms with Crippen molar-refractivity contribution in [1.82, 2.24) is 25.3 Å². The number of aromatic nitrogens is 4. The van der Waals surface area contributed by atoms with Crippen LogP contribution in [0.1, 0.15) is 16.8 Å². The van der Waals surface area contributed by atoms with Gasteiger partial charge in [-0.05, 0) is 31.5 Å². The molecule has 176 valence electrons. The summed E-state index contributed by atoms with van der Waals surface area (Å²) in [6.07, 6.45) is 4.57. The van der Waals surface area contributed by atoms with Crippen LogP contribution in [0.5, 0.6) is 5.88 Å². The maximum absolute atomic E-state index is 5.73. The first-order valence-electron chi connectivity index (χ1n) is 11.8. The van der Waals surface area contributed by atoms with Crippen molar-refractivity contribution in [2.24, 2.45) is 0 Å². The van der Waals surface area contributed by atoms with E-state index in [4.69, 9.17) is 19.4 Å². The molecule has 1 fully saturated rings. The molecule has 0 unspecified atom stereocenters. The average molecular weight is 461 g/mol. The molecule has 3 aliphatic rings. The smallest absolute Gasteiger partial charge is 0.237 e. The second-order valence-electron chi connectivity index (χ2n) is 8.63. The number of nitrogens with one attached hydrogen (secondary N) is 3. The summed E-state index contributed by atoms with van der Waals surface area (Å²) in [4.78, 5) is 21.2. The van der Waals surface area contributed by atoms with E-state index in [1.54, 1.807) is 0 Å². The highest BCUT2D eigenvalue weighted by atomic mass is 16.5. The van der Waals surface area contributed by atoms with E-state index in [2.05, 4.69) is 37.7 Å². The molecule has 6 rings (SSSR count). The third-order valence-electron chi connectivity index (χ3n) is 6.48. The summed E-state index contributed by atoms with van der Waals surface area (Å²) in [5, 5.41) is 10.3. The molecule has 3 aromatic rings. The van der Waals surface area contributed by atoms with Gasteiger partial charge < -0.3 is 30.3 Å². The number of ether oxygens (including phenoxy) is 2. The summed E-state index contributed by atoms with van der Waals surface area (Å²) in [7, 11) is 0. The standard InChI is InChI=1S/C24H28N8O2/c1-15-18(13-28-23-21(15)27-6-9-34-23)22-17-3-4-25-14-19(17)30-24(31-22)29-16-2-5-26-20(12-16)32-7-10-33-11-8-32/h2,5,12-13,25,27H,3-4,6-11,14H2,1H3,(H,26,29,30,31). The molecule has 0 spiro atoms. The molecule has 10 heteroatoms. The Labute approximate surface area is 198 Å². The quantitative estimate of drug-likeness (QED) is 0.536. The predicted octanol–water partition coefficient (Wildman–Crippen LogP) is 2.27. The van der Waals surface area contributed by atoms with Gasteiger partial charge in [-0.15, -0.1) is 0 Å². The van der Waals surface area contributed by atoms with E-state index in [-0.39, 0.29) is 0 Å². The molecular weight excluding hydrogens is 432 g/mol. The average Bonchev–Trinajstić information content (AvgIpc) is 2.89. The van der Waals surface area contributed by atoms with E-state index < -0.39 is 0 Å². The van der Waals surface area contributed by atoms with Gasteiger partial charge in [-0.25, -0.2) is 19.9 Å². The third-order valence-corrected chi connectivity index (χ3v) is 6.48. The maximum atomic E-state index is 5.73. The van der Waals surface area contributed by atoms with Gasteiger partial charge in [0.05, 0.1) is 24.6 Å². The van der Waals surface area contributed by atoms with Gasteiger partial charge in [0.15, 0.2) is 0 Å². The van der Waals surface area contributed by atoms with E-state index in [0.717, 1.165) is 85.5 Å². The summed E-state index contributed by atoms with van der Waals surface area (Å²) in [6, 6.07) is 3.98. The van der Waals surface area contributed by atoms with E-state index in [1.165, 1.54) is 5.56 Å². The second-order valence-corrected chi connectivity index (χ2v) is 8.63. The number of rotatable bonds is 4. The van der Waals surface area contributed by atoms with Crippen LogP contribution < -0.4 is 25.6 Å². The topological polar surface area (TPSA) is 109 Å². The number of hydrogen-bond donors (Lipinski definition) is 3. The van der Waals surface area contributed by atoms with Crippen LogP contribution in [0, 0.1) is 6.92 Å². The summed E-state index contributed by atoms with van der Waals surface area (Å²) in [5.74, 6) is 2.15. The van der Waals surface area contributed by atoms with Gasteiger partial charge in [0.1, 0.15) is 18.1 Å². The Morgan fingerprint density at radius 3 is 2.91 bits per heavy atom. The Morgan fingerprint density at radius 1 is 1.09 bits per heavy atom. The number of anilines is 4. The van der Waals surface area contributed by atoms with E-state index >= 15 is 0 Å². The fourth-order valence-corrected chi connectivity index (χ4v) is 4.69. The lowest BCUT2D eigenvalue weighted by molar-refractivity contribution is 0.122. The Bertz CT molecular complexity index is 1210. The first-order valence-corrected chi connectivity index (χ1v) is 11.8. The largest absolute Gasteiger partial charge is 0.474 e. The normalized spacial score (nSPS) is 17.3. The lowest BCUT2D eigenvalue weighted by Crippen LogP contribution is -2.36. The SMILES string of the molecule is Cc1c(-c2nc(Nc3ccnc(N4CCOCC4)c3)nc3c2CCNC3)cnc2c1NCCO2. The van der Waals surface area contributed by atoms with Gasteiger partial charge in [-0.2, -0.15) is 0 Å². The Hall–Kier alpha value is -3.50. The Balaban J connectivity index is 1.37. The lowest BCUT2D eigenvalue weighted by atomic mass is 9.97. The monoisotopic (exact) mass is 460 g/mol. The first kappa shape index (κ1) is 21.1. The van der Waals surface area contributed by atoms with Crippen LogP contribution in [0.4, 0.5) is 23.1 Å². The molecule has 3 aliphatic heterocycles. The van der Waals surface area contributed by atoms with Crippen molar-refractivity contribution in [3.8, 4) is 17.1 Å². The minimum atomic E-state index is 0.568. The number of nitrogens with zero attached hydrogens (tertiary/aromatic N) is 5. The number of morpholine rings is 1. The number of fused-ring (bicyclic) bond motifs is 2. The first-order chi connectivity index (χ1) is 16.8. The molecule has 0 aliphatic carbocycles.